The Kier molecular flexibility index (Phi) is 6.76. The molecule has 2 N–H and O–H groups in total. The lowest BCUT2D eigenvalue weighted by molar-refractivity contribution is 0.0631. The number of ether oxygens (including phenoxy) is 2. The summed E-state index contributed by atoms with van der Waals surface area (Å²) >= 11 is 0. The van der Waals surface area contributed by atoms with Crippen molar-refractivity contribution in [2.24, 2.45) is 5.73 Å². The van der Waals surface area contributed by atoms with E-state index in [4.69, 9.17) is 15.2 Å². The minimum absolute atomic E-state index is 0.134. The van der Waals surface area contributed by atoms with Gasteiger partial charge in [0.05, 0.1) is 19.3 Å². The molecule has 0 aliphatic carbocycles. The minimum atomic E-state index is 0.134. The van der Waals surface area contributed by atoms with Crippen molar-refractivity contribution in [2.75, 3.05) is 19.8 Å². The van der Waals surface area contributed by atoms with Crippen molar-refractivity contribution in [3.05, 3.63) is 29.8 Å². The molecule has 102 valence electrons. The molecule has 1 rings (SSSR count). The molecule has 0 aromatic heterocycles. The van der Waals surface area contributed by atoms with Crippen molar-refractivity contribution < 1.29 is 9.47 Å². The van der Waals surface area contributed by atoms with Crippen LogP contribution in [-0.4, -0.2) is 25.9 Å². The first kappa shape index (κ1) is 15.0. The van der Waals surface area contributed by atoms with E-state index in [1.54, 1.807) is 0 Å². The smallest absolute Gasteiger partial charge is 0.119 e. The van der Waals surface area contributed by atoms with Crippen molar-refractivity contribution >= 4 is 0 Å². The van der Waals surface area contributed by atoms with Crippen molar-refractivity contribution in [1.82, 2.24) is 0 Å². The van der Waals surface area contributed by atoms with Crippen LogP contribution in [0.2, 0.25) is 0 Å². The Morgan fingerprint density at radius 1 is 1.17 bits per heavy atom. The quantitative estimate of drug-likeness (QED) is 0.722. The molecule has 0 saturated heterocycles. The molecular formula is C15H25NO2. The first-order chi connectivity index (χ1) is 8.63. The van der Waals surface area contributed by atoms with Crippen LogP contribution in [0.3, 0.4) is 0 Å². The van der Waals surface area contributed by atoms with Gasteiger partial charge < -0.3 is 15.2 Å². The van der Waals surface area contributed by atoms with Crippen LogP contribution in [0, 0.1) is 0 Å². The Bertz CT molecular complexity index is 339. The molecule has 1 aromatic rings. The molecule has 1 atom stereocenters. The van der Waals surface area contributed by atoms with E-state index in [0.29, 0.717) is 25.7 Å². The van der Waals surface area contributed by atoms with Crippen LogP contribution in [0.15, 0.2) is 24.3 Å². The normalized spacial score (nSPS) is 12.7. The molecule has 18 heavy (non-hydrogen) atoms. The molecule has 0 amide bonds. The van der Waals surface area contributed by atoms with Crippen LogP contribution in [0.25, 0.3) is 0 Å². The summed E-state index contributed by atoms with van der Waals surface area (Å²) in [7, 11) is 0. The Labute approximate surface area is 110 Å². The highest BCUT2D eigenvalue weighted by molar-refractivity contribution is 5.30. The topological polar surface area (TPSA) is 44.5 Å². The average Bonchev–Trinajstić information content (AvgIpc) is 2.38. The molecule has 0 fully saturated rings. The van der Waals surface area contributed by atoms with Gasteiger partial charge in [-0.2, -0.15) is 0 Å². The van der Waals surface area contributed by atoms with E-state index in [1.807, 2.05) is 19.1 Å². The maximum atomic E-state index is 5.70. The fourth-order valence-corrected chi connectivity index (χ4v) is 1.56. The second kappa shape index (κ2) is 8.11. The molecule has 0 radical (unpaired) electrons. The van der Waals surface area contributed by atoms with Gasteiger partial charge in [-0.25, -0.2) is 0 Å². The lowest BCUT2D eigenvalue weighted by Crippen LogP contribution is -2.21. The van der Waals surface area contributed by atoms with Crippen LogP contribution in [0.4, 0.5) is 0 Å². The van der Waals surface area contributed by atoms with Gasteiger partial charge in [0.25, 0.3) is 0 Å². The van der Waals surface area contributed by atoms with Crippen molar-refractivity contribution in [3.63, 3.8) is 0 Å². The van der Waals surface area contributed by atoms with E-state index in [9.17, 15) is 0 Å². The van der Waals surface area contributed by atoms with Gasteiger partial charge in [-0.3, -0.25) is 0 Å². The fraction of sp³-hybridized carbons (Fsp3) is 0.600. The summed E-state index contributed by atoms with van der Waals surface area (Å²) in [5.41, 5.74) is 6.77. The second-order valence-electron chi connectivity index (χ2n) is 4.85. The summed E-state index contributed by atoms with van der Waals surface area (Å²) in [4.78, 5) is 0. The molecule has 0 aliphatic heterocycles. The van der Waals surface area contributed by atoms with Crippen molar-refractivity contribution in [1.29, 1.82) is 0 Å². The van der Waals surface area contributed by atoms with E-state index in [-0.39, 0.29) is 6.10 Å². The summed E-state index contributed by atoms with van der Waals surface area (Å²) in [6.45, 7) is 8.29. The fourth-order valence-electron chi connectivity index (χ4n) is 1.56. The highest BCUT2D eigenvalue weighted by atomic mass is 16.5. The highest BCUT2D eigenvalue weighted by Crippen LogP contribution is 2.20. The minimum Gasteiger partial charge on any atom is -0.493 e. The first-order valence-corrected chi connectivity index (χ1v) is 6.68. The van der Waals surface area contributed by atoms with Gasteiger partial charge in [-0.05, 0) is 30.5 Å². The van der Waals surface area contributed by atoms with Gasteiger partial charge in [0, 0.05) is 13.0 Å². The largest absolute Gasteiger partial charge is 0.493 e. The van der Waals surface area contributed by atoms with Crippen LogP contribution < -0.4 is 10.5 Å². The number of hydrogen-bond acceptors (Lipinski definition) is 3. The summed E-state index contributed by atoms with van der Waals surface area (Å²) in [6.07, 6.45) is 1.02. The summed E-state index contributed by atoms with van der Waals surface area (Å²) in [5.74, 6) is 1.47. The third kappa shape index (κ3) is 5.52. The third-order valence-corrected chi connectivity index (χ3v) is 2.82. The average molecular weight is 251 g/mol. The van der Waals surface area contributed by atoms with E-state index in [0.717, 1.165) is 12.2 Å². The molecule has 0 aliphatic rings. The summed E-state index contributed by atoms with van der Waals surface area (Å²) in [5, 5.41) is 0. The Morgan fingerprint density at radius 2 is 1.94 bits per heavy atom. The number of nitrogens with two attached hydrogens (primary N) is 1. The standard InChI is InChI=1S/C15H25NO2/c1-12(2)14-6-4-7-15(10-14)18-9-5-8-17-13(3)11-16/h4,6-7,10,12-13H,5,8-9,11,16H2,1-3H3. The molecule has 3 nitrogen and oxygen atoms in total. The van der Waals surface area contributed by atoms with Crippen LogP contribution >= 0.6 is 0 Å². The van der Waals surface area contributed by atoms with Gasteiger partial charge in [0.15, 0.2) is 0 Å². The van der Waals surface area contributed by atoms with Crippen LogP contribution in [-0.2, 0) is 4.74 Å². The molecular weight excluding hydrogens is 226 g/mol. The number of benzene rings is 1. The lowest BCUT2D eigenvalue weighted by Gasteiger charge is -2.12. The SMILES string of the molecule is CC(CN)OCCCOc1cccc(C(C)C)c1. The molecule has 0 spiro atoms. The van der Waals surface area contributed by atoms with Gasteiger partial charge in [0.1, 0.15) is 5.75 Å². The number of hydrogen-bond donors (Lipinski definition) is 1. The van der Waals surface area contributed by atoms with Crippen LogP contribution in [0.1, 0.15) is 38.7 Å². The Morgan fingerprint density at radius 3 is 2.61 bits per heavy atom. The van der Waals surface area contributed by atoms with E-state index >= 15 is 0 Å². The van der Waals surface area contributed by atoms with Gasteiger partial charge >= 0.3 is 0 Å². The molecule has 3 heteroatoms. The maximum absolute atomic E-state index is 5.70. The highest BCUT2D eigenvalue weighted by Gasteiger charge is 2.01. The van der Waals surface area contributed by atoms with Gasteiger partial charge in [0.2, 0.25) is 0 Å². The summed E-state index contributed by atoms with van der Waals surface area (Å²) < 4.78 is 11.2. The molecule has 0 heterocycles. The zero-order chi connectivity index (χ0) is 13.4. The van der Waals surface area contributed by atoms with E-state index in [1.165, 1.54) is 5.56 Å². The first-order valence-electron chi connectivity index (χ1n) is 6.68. The Balaban J connectivity index is 2.25. The molecule has 1 aromatic carbocycles. The predicted molar refractivity (Wildman–Crippen MR) is 75.1 cm³/mol. The zero-order valence-electron chi connectivity index (χ0n) is 11.7. The number of rotatable bonds is 8. The Hall–Kier alpha value is -1.06. The van der Waals surface area contributed by atoms with E-state index < -0.39 is 0 Å². The lowest BCUT2D eigenvalue weighted by atomic mass is 10.0. The molecule has 0 saturated carbocycles. The van der Waals surface area contributed by atoms with Gasteiger partial charge in [-0.15, -0.1) is 0 Å². The second-order valence-corrected chi connectivity index (χ2v) is 4.85. The maximum Gasteiger partial charge on any atom is 0.119 e. The third-order valence-electron chi connectivity index (χ3n) is 2.82. The summed E-state index contributed by atoms with van der Waals surface area (Å²) in [6, 6.07) is 8.27. The van der Waals surface area contributed by atoms with Crippen molar-refractivity contribution in [2.45, 2.75) is 39.2 Å². The zero-order valence-corrected chi connectivity index (χ0v) is 11.7. The molecule has 0 bridgehead atoms. The predicted octanol–water partition coefficient (Wildman–Crippen LogP) is 2.94. The van der Waals surface area contributed by atoms with Crippen molar-refractivity contribution in [3.8, 4) is 5.75 Å². The van der Waals surface area contributed by atoms with Crippen LogP contribution in [0.5, 0.6) is 5.75 Å². The van der Waals surface area contributed by atoms with E-state index in [2.05, 4.69) is 26.0 Å². The van der Waals surface area contributed by atoms with Gasteiger partial charge in [-0.1, -0.05) is 26.0 Å². The molecule has 1 unspecified atom stereocenters. The monoisotopic (exact) mass is 251 g/mol.